The zero-order valence-corrected chi connectivity index (χ0v) is 7.54. The van der Waals surface area contributed by atoms with E-state index in [0.717, 1.165) is 12.1 Å². The highest BCUT2D eigenvalue weighted by Gasteiger charge is 2.32. The highest BCUT2D eigenvalue weighted by Crippen LogP contribution is 2.26. The molecule has 0 spiro atoms. The number of halogens is 3. The zero-order valence-electron chi connectivity index (χ0n) is 7.54. The van der Waals surface area contributed by atoms with Crippen LogP contribution in [0.15, 0.2) is 36.9 Å². The SMILES string of the molecule is C=CC(=O)c1ccccc1OC(F)(F)F. The maximum absolute atomic E-state index is 11.9. The van der Waals surface area contributed by atoms with E-state index in [4.69, 9.17) is 0 Å². The molecule has 2 nitrogen and oxygen atoms in total. The number of alkyl halides is 3. The molecule has 80 valence electrons. The molecule has 0 amide bonds. The molecule has 1 rings (SSSR count). The molecule has 1 aromatic carbocycles. The molecule has 0 aliphatic rings. The molecule has 5 heteroatoms. The largest absolute Gasteiger partial charge is 0.573 e. The lowest BCUT2D eigenvalue weighted by molar-refractivity contribution is -0.274. The van der Waals surface area contributed by atoms with E-state index in [2.05, 4.69) is 11.3 Å². The van der Waals surface area contributed by atoms with Crippen LogP contribution in [0.4, 0.5) is 13.2 Å². The van der Waals surface area contributed by atoms with E-state index in [-0.39, 0.29) is 5.56 Å². The van der Waals surface area contributed by atoms with Crippen LogP contribution < -0.4 is 4.74 Å². The molecule has 0 heterocycles. The Morgan fingerprint density at radius 1 is 1.33 bits per heavy atom. The second-order valence-corrected chi connectivity index (χ2v) is 2.61. The van der Waals surface area contributed by atoms with Crippen molar-refractivity contribution in [1.29, 1.82) is 0 Å². The van der Waals surface area contributed by atoms with Crippen molar-refractivity contribution in [2.24, 2.45) is 0 Å². The number of carbonyl (C=O) groups is 1. The van der Waals surface area contributed by atoms with Gasteiger partial charge in [0, 0.05) is 0 Å². The summed E-state index contributed by atoms with van der Waals surface area (Å²) in [6, 6.07) is 5.11. The molecule has 0 saturated heterocycles. The number of para-hydroxylation sites is 1. The molecule has 0 aliphatic heterocycles. The van der Waals surface area contributed by atoms with Gasteiger partial charge in [0.1, 0.15) is 5.75 Å². The molecular weight excluding hydrogens is 209 g/mol. The van der Waals surface area contributed by atoms with E-state index in [1.54, 1.807) is 0 Å². The summed E-state index contributed by atoms with van der Waals surface area (Å²) in [5.41, 5.74) is -0.162. The number of hydrogen-bond donors (Lipinski definition) is 0. The molecule has 0 N–H and O–H groups in total. The van der Waals surface area contributed by atoms with Gasteiger partial charge in [-0.1, -0.05) is 18.7 Å². The van der Waals surface area contributed by atoms with E-state index in [9.17, 15) is 18.0 Å². The third kappa shape index (κ3) is 3.12. The van der Waals surface area contributed by atoms with Crippen LogP contribution in [-0.4, -0.2) is 12.1 Å². The molecule has 0 radical (unpaired) electrons. The van der Waals surface area contributed by atoms with E-state index in [1.807, 2.05) is 0 Å². The number of carbonyl (C=O) groups excluding carboxylic acids is 1. The quantitative estimate of drug-likeness (QED) is 0.573. The maximum atomic E-state index is 11.9. The Bertz CT molecular complexity index is 382. The third-order valence-corrected chi connectivity index (χ3v) is 1.56. The summed E-state index contributed by atoms with van der Waals surface area (Å²) in [6.45, 7) is 3.19. The number of hydrogen-bond acceptors (Lipinski definition) is 2. The molecule has 0 unspecified atom stereocenters. The van der Waals surface area contributed by atoms with Gasteiger partial charge in [-0.3, -0.25) is 4.79 Å². The summed E-state index contributed by atoms with van der Waals surface area (Å²) in [6.07, 6.45) is -3.88. The van der Waals surface area contributed by atoms with Gasteiger partial charge in [-0.2, -0.15) is 0 Å². The summed E-state index contributed by atoms with van der Waals surface area (Å²) < 4.78 is 39.5. The lowest BCUT2D eigenvalue weighted by Crippen LogP contribution is -2.18. The average Bonchev–Trinajstić information content (AvgIpc) is 2.15. The van der Waals surface area contributed by atoms with Crippen LogP contribution in [-0.2, 0) is 0 Å². The molecule has 0 fully saturated rings. The van der Waals surface area contributed by atoms with Gasteiger partial charge in [0.15, 0.2) is 5.78 Å². The highest BCUT2D eigenvalue weighted by molar-refractivity contribution is 6.06. The Balaban J connectivity index is 3.07. The Morgan fingerprint density at radius 3 is 2.47 bits per heavy atom. The Labute approximate surface area is 84.0 Å². The lowest BCUT2D eigenvalue weighted by atomic mass is 10.1. The van der Waals surface area contributed by atoms with Crippen LogP contribution >= 0.6 is 0 Å². The molecule has 15 heavy (non-hydrogen) atoms. The Hall–Kier alpha value is -1.78. The van der Waals surface area contributed by atoms with Crippen LogP contribution in [0.5, 0.6) is 5.75 Å². The van der Waals surface area contributed by atoms with Crippen molar-refractivity contribution < 1.29 is 22.7 Å². The average molecular weight is 216 g/mol. The lowest BCUT2D eigenvalue weighted by Gasteiger charge is -2.11. The topological polar surface area (TPSA) is 26.3 Å². The molecule has 0 aromatic heterocycles. The first-order valence-corrected chi connectivity index (χ1v) is 3.95. The summed E-state index contributed by atoms with van der Waals surface area (Å²) >= 11 is 0. The normalized spacial score (nSPS) is 10.9. The first-order chi connectivity index (χ1) is 6.94. The van der Waals surface area contributed by atoms with Gasteiger partial charge in [0.2, 0.25) is 0 Å². The van der Waals surface area contributed by atoms with Crippen LogP contribution in [0.2, 0.25) is 0 Å². The predicted molar refractivity (Wildman–Crippen MR) is 47.7 cm³/mol. The van der Waals surface area contributed by atoms with Crippen molar-refractivity contribution in [2.45, 2.75) is 6.36 Å². The first kappa shape index (κ1) is 11.3. The second kappa shape index (κ2) is 4.16. The van der Waals surface area contributed by atoms with Gasteiger partial charge < -0.3 is 4.74 Å². The second-order valence-electron chi connectivity index (χ2n) is 2.61. The zero-order chi connectivity index (χ0) is 11.5. The minimum atomic E-state index is -4.81. The minimum absolute atomic E-state index is 0.162. The summed E-state index contributed by atoms with van der Waals surface area (Å²) in [7, 11) is 0. The van der Waals surface area contributed by atoms with E-state index >= 15 is 0 Å². The monoisotopic (exact) mass is 216 g/mol. The van der Waals surface area contributed by atoms with Crippen molar-refractivity contribution >= 4 is 5.78 Å². The van der Waals surface area contributed by atoms with Gasteiger partial charge >= 0.3 is 6.36 Å². The fraction of sp³-hybridized carbons (Fsp3) is 0.100. The molecule has 0 aliphatic carbocycles. The summed E-state index contributed by atoms with van der Waals surface area (Å²) in [5.74, 6) is -1.13. The fourth-order valence-electron chi connectivity index (χ4n) is 0.994. The molecule has 0 bridgehead atoms. The number of ketones is 1. The highest BCUT2D eigenvalue weighted by atomic mass is 19.4. The number of allylic oxidation sites excluding steroid dienone is 1. The smallest absolute Gasteiger partial charge is 0.405 e. The van der Waals surface area contributed by atoms with Crippen LogP contribution in [0.25, 0.3) is 0 Å². The summed E-state index contributed by atoms with van der Waals surface area (Å²) in [4.78, 5) is 11.2. The number of ether oxygens (including phenoxy) is 1. The Kier molecular flexibility index (Phi) is 3.14. The van der Waals surface area contributed by atoms with Crippen molar-refractivity contribution in [2.75, 3.05) is 0 Å². The van der Waals surface area contributed by atoms with Gasteiger partial charge in [-0.15, -0.1) is 13.2 Å². The van der Waals surface area contributed by atoms with Gasteiger partial charge in [-0.25, -0.2) is 0 Å². The third-order valence-electron chi connectivity index (χ3n) is 1.56. The van der Waals surface area contributed by atoms with Crippen molar-refractivity contribution in [3.05, 3.63) is 42.5 Å². The van der Waals surface area contributed by atoms with Gasteiger partial charge in [0.05, 0.1) is 5.56 Å². The molecule has 0 saturated carbocycles. The first-order valence-electron chi connectivity index (χ1n) is 3.95. The van der Waals surface area contributed by atoms with E-state index in [0.29, 0.717) is 0 Å². The molecular formula is C10H7F3O2. The van der Waals surface area contributed by atoms with Crippen molar-refractivity contribution in [1.82, 2.24) is 0 Å². The van der Waals surface area contributed by atoms with Gasteiger partial charge in [-0.05, 0) is 18.2 Å². The van der Waals surface area contributed by atoms with E-state index < -0.39 is 17.9 Å². The number of rotatable bonds is 3. The van der Waals surface area contributed by atoms with Crippen LogP contribution in [0.3, 0.4) is 0 Å². The fourth-order valence-corrected chi connectivity index (χ4v) is 0.994. The standard InChI is InChI=1S/C10H7F3O2/c1-2-8(14)7-5-3-4-6-9(7)15-10(11,12)13/h2-6H,1H2. The van der Waals surface area contributed by atoms with Crippen molar-refractivity contribution in [3.63, 3.8) is 0 Å². The maximum Gasteiger partial charge on any atom is 0.573 e. The van der Waals surface area contributed by atoms with Crippen LogP contribution in [0, 0.1) is 0 Å². The minimum Gasteiger partial charge on any atom is -0.405 e. The van der Waals surface area contributed by atoms with Crippen molar-refractivity contribution in [3.8, 4) is 5.75 Å². The van der Waals surface area contributed by atoms with E-state index in [1.165, 1.54) is 18.2 Å². The number of benzene rings is 1. The predicted octanol–water partition coefficient (Wildman–Crippen LogP) is 2.95. The Morgan fingerprint density at radius 2 is 1.93 bits per heavy atom. The van der Waals surface area contributed by atoms with Gasteiger partial charge in [0.25, 0.3) is 0 Å². The summed E-state index contributed by atoms with van der Waals surface area (Å²) in [5, 5.41) is 0. The molecule has 0 atom stereocenters. The molecule has 1 aromatic rings. The van der Waals surface area contributed by atoms with Crippen LogP contribution in [0.1, 0.15) is 10.4 Å².